The fourth-order valence-corrected chi connectivity index (χ4v) is 1.59. The maximum Gasteiger partial charge on any atom is 0.255 e. The summed E-state index contributed by atoms with van der Waals surface area (Å²) in [6.45, 7) is -0.0297. The van der Waals surface area contributed by atoms with Crippen LogP contribution < -0.4 is 10.6 Å². The van der Waals surface area contributed by atoms with Gasteiger partial charge in [-0.15, -0.1) is 0 Å². The normalized spacial score (nSPS) is 10.8. The largest absolute Gasteiger partial charge is 0.369 e. The minimum atomic E-state index is -2.36. The highest BCUT2D eigenvalue weighted by molar-refractivity contribution is 6.30. The molecule has 5 heteroatoms. The molecule has 0 fully saturated rings. The van der Waals surface area contributed by atoms with E-state index in [-0.39, 0.29) is 13.1 Å². The monoisotopic (exact) mass is 234 g/mol. The van der Waals surface area contributed by atoms with E-state index in [4.69, 9.17) is 17.3 Å². The van der Waals surface area contributed by atoms with E-state index >= 15 is 0 Å². The van der Waals surface area contributed by atoms with Gasteiger partial charge in [0.05, 0.1) is 6.54 Å². The van der Waals surface area contributed by atoms with Gasteiger partial charge in [0, 0.05) is 24.3 Å². The van der Waals surface area contributed by atoms with Gasteiger partial charge in [0.2, 0.25) is 0 Å². The number of hydrogen-bond donors (Lipinski definition) is 1. The molecule has 1 rings (SSSR count). The Hall–Kier alpha value is -0.870. The van der Waals surface area contributed by atoms with E-state index in [9.17, 15) is 8.78 Å². The van der Waals surface area contributed by atoms with Gasteiger partial charge in [0.1, 0.15) is 0 Å². The van der Waals surface area contributed by atoms with E-state index in [2.05, 4.69) is 0 Å². The molecule has 0 saturated carbocycles. The van der Waals surface area contributed by atoms with Crippen molar-refractivity contribution in [3.05, 3.63) is 28.8 Å². The van der Waals surface area contributed by atoms with E-state index in [1.807, 2.05) is 0 Å². The Morgan fingerprint density at radius 2 is 2.13 bits per heavy atom. The molecule has 1 aromatic rings. The predicted octanol–water partition coefficient (Wildman–Crippen LogP) is 2.50. The third-order valence-corrected chi connectivity index (χ3v) is 2.32. The van der Waals surface area contributed by atoms with Crippen LogP contribution in [0.4, 0.5) is 14.5 Å². The molecule has 0 aliphatic carbocycles. The molecule has 0 unspecified atom stereocenters. The molecule has 0 atom stereocenters. The van der Waals surface area contributed by atoms with Crippen molar-refractivity contribution in [3.63, 3.8) is 0 Å². The molecule has 2 N–H and O–H groups in total. The zero-order valence-corrected chi connectivity index (χ0v) is 9.14. The molecule has 0 radical (unpaired) electrons. The average molecular weight is 235 g/mol. The first-order valence-corrected chi connectivity index (χ1v) is 4.90. The van der Waals surface area contributed by atoms with Crippen molar-refractivity contribution in [2.24, 2.45) is 5.73 Å². The Morgan fingerprint density at radius 1 is 1.47 bits per heavy atom. The summed E-state index contributed by atoms with van der Waals surface area (Å²) in [5, 5.41) is 0.560. The Morgan fingerprint density at radius 3 is 2.67 bits per heavy atom. The van der Waals surface area contributed by atoms with E-state index in [0.717, 1.165) is 5.56 Å². The third kappa shape index (κ3) is 3.32. The van der Waals surface area contributed by atoms with E-state index in [1.54, 1.807) is 25.2 Å². The van der Waals surface area contributed by atoms with Crippen LogP contribution in [0.5, 0.6) is 0 Å². The first-order chi connectivity index (χ1) is 7.04. The number of halogens is 3. The molecule has 15 heavy (non-hydrogen) atoms. The minimum absolute atomic E-state index is 0.281. The summed E-state index contributed by atoms with van der Waals surface area (Å²) in [4.78, 5) is 1.48. The lowest BCUT2D eigenvalue weighted by Crippen LogP contribution is -2.25. The van der Waals surface area contributed by atoms with Crippen LogP contribution in [0.25, 0.3) is 0 Å². The number of anilines is 1. The van der Waals surface area contributed by atoms with Crippen molar-refractivity contribution in [1.82, 2.24) is 0 Å². The third-order valence-electron chi connectivity index (χ3n) is 2.08. The zero-order chi connectivity index (χ0) is 11.4. The van der Waals surface area contributed by atoms with E-state index < -0.39 is 6.43 Å². The first-order valence-electron chi connectivity index (χ1n) is 4.52. The van der Waals surface area contributed by atoms with Gasteiger partial charge < -0.3 is 10.6 Å². The number of hydrogen-bond acceptors (Lipinski definition) is 2. The second-order valence-corrected chi connectivity index (χ2v) is 3.69. The molecular weight excluding hydrogens is 222 g/mol. The second-order valence-electron chi connectivity index (χ2n) is 3.25. The molecule has 0 spiro atoms. The maximum atomic E-state index is 12.2. The van der Waals surface area contributed by atoms with Crippen molar-refractivity contribution in [2.45, 2.75) is 13.0 Å². The lowest BCUT2D eigenvalue weighted by Gasteiger charge is -2.21. The molecule has 0 aliphatic rings. The van der Waals surface area contributed by atoms with Crippen molar-refractivity contribution >= 4 is 17.3 Å². The van der Waals surface area contributed by atoms with Gasteiger partial charge >= 0.3 is 0 Å². The van der Waals surface area contributed by atoms with Crippen LogP contribution in [0.2, 0.25) is 5.02 Å². The summed E-state index contributed by atoms with van der Waals surface area (Å²) in [6, 6.07) is 5.06. The molecule has 0 bridgehead atoms. The van der Waals surface area contributed by atoms with Crippen molar-refractivity contribution in [1.29, 1.82) is 0 Å². The summed E-state index contributed by atoms with van der Waals surface area (Å²) < 4.78 is 24.4. The smallest absolute Gasteiger partial charge is 0.255 e. The van der Waals surface area contributed by atoms with Gasteiger partial charge in [-0.3, -0.25) is 0 Å². The Kier molecular flexibility index (Phi) is 4.29. The quantitative estimate of drug-likeness (QED) is 0.868. The van der Waals surface area contributed by atoms with Gasteiger partial charge in [0.15, 0.2) is 0 Å². The summed E-state index contributed by atoms with van der Waals surface area (Å²) in [6.07, 6.45) is -2.36. The summed E-state index contributed by atoms with van der Waals surface area (Å²) >= 11 is 5.78. The van der Waals surface area contributed by atoms with Crippen LogP contribution in [-0.4, -0.2) is 20.0 Å². The van der Waals surface area contributed by atoms with E-state index in [1.165, 1.54) is 4.90 Å². The molecule has 1 aromatic carbocycles. The van der Waals surface area contributed by atoms with Crippen molar-refractivity contribution in [2.75, 3.05) is 18.5 Å². The second kappa shape index (κ2) is 5.28. The minimum Gasteiger partial charge on any atom is -0.369 e. The highest BCUT2D eigenvalue weighted by Gasteiger charge is 2.11. The van der Waals surface area contributed by atoms with Crippen LogP contribution in [-0.2, 0) is 6.54 Å². The zero-order valence-electron chi connectivity index (χ0n) is 8.38. The van der Waals surface area contributed by atoms with Gasteiger partial charge in [-0.1, -0.05) is 11.6 Å². The van der Waals surface area contributed by atoms with Crippen LogP contribution >= 0.6 is 11.6 Å². The van der Waals surface area contributed by atoms with Gasteiger partial charge in [-0.2, -0.15) is 0 Å². The molecular formula is C10H13ClF2N2. The predicted molar refractivity (Wildman–Crippen MR) is 58.6 cm³/mol. The van der Waals surface area contributed by atoms with Crippen LogP contribution in [0.15, 0.2) is 18.2 Å². The number of benzene rings is 1. The van der Waals surface area contributed by atoms with Crippen LogP contribution in [0.1, 0.15) is 5.56 Å². The Bertz CT molecular complexity index is 331. The number of nitrogens with zero attached hydrogens (tertiary/aromatic N) is 1. The topological polar surface area (TPSA) is 29.3 Å². The maximum absolute atomic E-state index is 12.2. The molecule has 0 amide bonds. The van der Waals surface area contributed by atoms with Gasteiger partial charge in [-0.25, -0.2) is 8.78 Å². The summed E-state index contributed by atoms with van der Waals surface area (Å²) in [5.74, 6) is 0. The highest BCUT2D eigenvalue weighted by Crippen LogP contribution is 2.23. The van der Waals surface area contributed by atoms with Crippen molar-refractivity contribution < 1.29 is 8.78 Å². The average Bonchev–Trinajstić information content (AvgIpc) is 2.16. The summed E-state index contributed by atoms with van der Waals surface area (Å²) in [5.41, 5.74) is 6.98. The molecule has 0 heterocycles. The Balaban J connectivity index is 2.92. The highest BCUT2D eigenvalue weighted by atomic mass is 35.5. The van der Waals surface area contributed by atoms with Crippen molar-refractivity contribution in [3.8, 4) is 0 Å². The lowest BCUT2D eigenvalue weighted by atomic mass is 10.1. The number of nitrogens with two attached hydrogens (primary N) is 1. The standard InChI is InChI=1S/C10H13ClF2N2/c1-15(6-10(12)13)9-3-2-8(11)4-7(9)5-14/h2-4,10H,5-6,14H2,1H3. The molecule has 0 saturated heterocycles. The fraction of sp³-hybridized carbons (Fsp3) is 0.400. The first kappa shape index (κ1) is 12.2. The van der Waals surface area contributed by atoms with Crippen LogP contribution in [0, 0.1) is 0 Å². The van der Waals surface area contributed by atoms with Gasteiger partial charge in [0.25, 0.3) is 6.43 Å². The van der Waals surface area contributed by atoms with E-state index in [0.29, 0.717) is 10.7 Å². The SMILES string of the molecule is CN(CC(F)F)c1ccc(Cl)cc1CN. The molecule has 0 aliphatic heterocycles. The van der Waals surface area contributed by atoms with Crippen LogP contribution in [0.3, 0.4) is 0 Å². The van der Waals surface area contributed by atoms with Gasteiger partial charge in [-0.05, 0) is 23.8 Å². The number of rotatable bonds is 4. The Labute approximate surface area is 92.6 Å². The fourth-order valence-electron chi connectivity index (χ4n) is 1.40. The molecule has 2 nitrogen and oxygen atoms in total. The summed E-state index contributed by atoms with van der Waals surface area (Å²) in [7, 11) is 1.61. The molecule has 0 aromatic heterocycles. The molecule has 84 valence electrons. The lowest BCUT2D eigenvalue weighted by molar-refractivity contribution is 0.156. The number of alkyl halides is 2.